The lowest BCUT2D eigenvalue weighted by Gasteiger charge is -2.43. The molecule has 2 rings (SSSR count). The van der Waals surface area contributed by atoms with E-state index in [4.69, 9.17) is 17.3 Å². The van der Waals surface area contributed by atoms with Crippen LogP contribution in [0.15, 0.2) is 18.2 Å². The van der Waals surface area contributed by atoms with Gasteiger partial charge in [-0.25, -0.2) is 4.39 Å². The van der Waals surface area contributed by atoms with Crippen molar-refractivity contribution in [3.05, 3.63) is 34.6 Å². The smallest absolute Gasteiger partial charge is 0.314 e. The predicted octanol–water partition coefficient (Wildman–Crippen LogP) is 1.92. The monoisotopic (exact) mass is 243 g/mol. The van der Waals surface area contributed by atoms with Gasteiger partial charge in [0.05, 0.1) is 10.4 Å². The highest BCUT2D eigenvalue weighted by molar-refractivity contribution is 6.30. The van der Waals surface area contributed by atoms with Crippen LogP contribution in [0.5, 0.6) is 0 Å². The summed E-state index contributed by atoms with van der Waals surface area (Å²) >= 11 is 5.64. The van der Waals surface area contributed by atoms with Crippen LogP contribution in [-0.4, -0.2) is 17.1 Å². The van der Waals surface area contributed by atoms with Crippen LogP contribution in [0.25, 0.3) is 0 Å². The van der Waals surface area contributed by atoms with Crippen molar-refractivity contribution in [2.75, 3.05) is 0 Å². The van der Waals surface area contributed by atoms with Crippen molar-refractivity contribution in [2.45, 2.75) is 24.3 Å². The van der Waals surface area contributed by atoms with E-state index in [1.54, 1.807) is 0 Å². The summed E-state index contributed by atoms with van der Waals surface area (Å²) in [6, 6.07) is 3.91. The summed E-state index contributed by atoms with van der Waals surface area (Å²) in [5.74, 6) is -1.48. The van der Waals surface area contributed by atoms with Crippen molar-refractivity contribution >= 4 is 17.6 Å². The minimum atomic E-state index is -0.989. The summed E-state index contributed by atoms with van der Waals surface area (Å²) in [5.41, 5.74) is 5.16. The summed E-state index contributed by atoms with van der Waals surface area (Å²) in [4.78, 5) is 11.3. The van der Waals surface area contributed by atoms with E-state index < -0.39 is 17.2 Å². The molecule has 0 saturated heterocycles. The Labute approximate surface area is 97.0 Å². The van der Waals surface area contributed by atoms with Crippen molar-refractivity contribution in [1.82, 2.24) is 0 Å². The number of benzene rings is 1. The molecule has 1 saturated carbocycles. The Kier molecular flexibility index (Phi) is 2.64. The number of carboxylic acid groups (broad SMARTS) is 1. The van der Waals surface area contributed by atoms with Crippen LogP contribution in [-0.2, 0) is 10.2 Å². The van der Waals surface area contributed by atoms with E-state index in [-0.39, 0.29) is 11.1 Å². The van der Waals surface area contributed by atoms with Crippen molar-refractivity contribution in [3.8, 4) is 0 Å². The second kappa shape index (κ2) is 3.71. The molecular formula is C11H11ClFNO2. The SMILES string of the molecule is NC1CC(C(=O)O)(c2ccc(F)c(Cl)c2)C1. The van der Waals surface area contributed by atoms with Gasteiger partial charge in [-0.15, -0.1) is 0 Å². The first-order valence-corrected chi connectivity index (χ1v) is 5.28. The van der Waals surface area contributed by atoms with Gasteiger partial charge in [-0.1, -0.05) is 17.7 Å². The van der Waals surface area contributed by atoms with E-state index >= 15 is 0 Å². The molecule has 1 aromatic carbocycles. The van der Waals surface area contributed by atoms with Crippen LogP contribution in [0.2, 0.25) is 5.02 Å². The molecule has 5 heteroatoms. The molecule has 0 atom stereocenters. The largest absolute Gasteiger partial charge is 0.481 e. The van der Waals surface area contributed by atoms with Gasteiger partial charge < -0.3 is 10.8 Å². The van der Waals surface area contributed by atoms with Gasteiger partial charge in [0.2, 0.25) is 0 Å². The van der Waals surface area contributed by atoms with Gasteiger partial charge in [0.1, 0.15) is 5.82 Å². The molecule has 1 aliphatic rings. The van der Waals surface area contributed by atoms with Crippen molar-refractivity contribution in [2.24, 2.45) is 5.73 Å². The first-order chi connectivity index (χ1) is 7.45. The maximum Gasteiger partial charge on any atom is 0.314 e. The molecule has 1 aliphatic carbocycles. The Morgan fingerprint density at radius 1 is 1.56 bits per heavy atom. The summed E-state index contributed by atoms with van der Waals surface area (Å²) in [6.07, 6.45) is 0.731. The van der Waals surface area contributed by atoms with Crippen molar-refractivity contribution in [3.63, 3.8) is 0 Å². The summed E-state index contributed by atoms with van der Waals surface area (Å²) in [5, 5.41) is 9.17. The van der Waals surface area contributed by atoms with Gasteiger partial charge in [-0.05, 0) is 30.5 Å². The second-order valence-corrected chi connectivity index (χ2v) is 4.59. The van der Waals surface area contributed by atoms with E-state index in [1.807, 2.05) is 0 Å². The van der Waals surface area contributed by atoms with Crippen LogP contribution >= 0.6 is 11.6 Å². The molecule has 1 aromatic rings. The van der Waals surface area contributed by atoms with Gasteiger partial charge in [-0.2, -0.15) is 0 Å². The zero-order chi connectivity index (χ0) is 11.9. The molecule has 0 unspecified atom stereocenters. The lowest BCUT2D eigenvalue weighted by atomic mass is 9.62. The van der Waals surface area contributed by atoms with E-state index in [0.717, 1.165) is 0 Å². The van der Waals surface area contributed by atoms with Gasteiger partial charge in [0.15, 0.2) is 0 Å². The number of nitrogens with two attached hydrogens (primary N) is 1. The number of halogens is 2. The number of carboxylic acids is 1. The van der Waals surface area contributed by atoms with Crippen molar-refractivity contribution in [1.29, 1.82) is 0 Å². The molecule has 0 spiro atoms. The number of rotatable bonds is 2. The van der Waals surface area contributed by atoms with Gasteiger partial charge in [0.25, 0.3) is 0 Å². The van der Waals surface area contributed by atoms with Crippen LogP contribution in [0, 0.1) is 5.82 Å². The van der Waals surface area contributed by atoms with Crippen LogP contribution in [0.4, 0.5) is 4.39 Å². The lowest BCUT2D eigenvalue weighted by molar-refractivity contribution is -0.148. The van der Waals surface area contributed by atoms with Gasteiger partial charge in [-0.3, -0.25) is 4.79 Å². The third-order valence-electron chi connectivity index (χ3n) is 3.10. The number of hydrogen-bond donors (Lipinski definition) is 2. The fraction of sp³-hybridized carbons (Fsp3) is 0.364. The minimum Gasteiger partial charge on any atom is -0.481 e. The predicted molar refractivity (Wildman–Crippen MR) is 57.9 cm³/mol. The Morgan fingerprint density at radius 3 is 2.62 bits per heavy atom. The molecule has 3 N–H and O–H groups in total. The highest BCUT2D eigenvalue weighted by Gasteiger charge is 2.50. The van der Waals surface area contributed by atoms with E-state index in [1.165, 1.54) is 18.2 Å². The molecule has 0 heterocycles. The molecular weight excluding hydrogens is 233 g/mol. The van der Waals surface area contributed by atoms with Crippen LogP contribution in [0.3, 0.4) is 0 Å². The molecule has 1 fully saturated rings. The average molecular weight is 244 g/mol. The van der Waals surface area contributed by atoms with E-state index in [9.17, 15) is 14.3 Å². The zero-order valence-electron chi connectivity index (χ0n) is 8.41. The molecule has 0 bridgehead atoms. The van der Waals surface area contributed by atoms with E-state index in [0.29, 0.717) is 18.4 Å². The topological polar surface area (TPSA) is 63.3 Å². The first kappa shape index (κ1) is 11.4. The number of hydrogen-bond acceptors (Lipinski definition) is 2. The molecule has 0 amide bonds. The summed E-state index contributed by atoms with van der Waals surface area (Å²) < 4.78 is 13.0. The van der Waals surface area contributed by atoms with Crippen molar-refractivity contribution < 1.29 is 14.3 Å². The van der Waals surface area contributed by atoms with Gasteiger partial charge >= 0.3 is 5.97 Å². The normalized spacial score (nSPS) is 28.6. The molecule has 16 heavy (non-hydrogen) atoms. The Balaban J connectivity index is 2.41. The third-order valence-corrected chi connectivity index (χ3v) is 3.39. The number of carbonyl (C=O) groups is 1. The van der Waals surface area contributed by atoms with Crippen LogP contribution < -0.4 is 5.73 Å². The second-order valence-electron chi connectivity index (χ2n) is 4.18. The summed E-state index contributed by atoms with van der Waals surface area (Å²) in [6.45, 7) is 0. The molecule has 0 aliphatic heterocycles. The first-order valence-electron chi connectivity index (χ1n) is 4.90. The maximum absolute atomic E-state index is 13.0. The Morgan fingerprint density at radius 2 is 2.19 bits per heavy atom. The average Bonchev–Trinajstić information content (AvgIpc) is 2.17. The highest BCUT2D eigenvalue weighted by atomic mass is 35.5. The third kappa shape index (κ3) is 1.58. The quantitative estimate of drug-likeness (QED) is 0.834. The minimum absolute atomic E-state index is 0.0569. The molecule has 0 radical (unpaired) electrons. The Bertz CT molecular complexity index is 444. The fourth-order valence-electron chi connectivity index (χ4n) is 2.16. The zero-order valence-corrected chi connectivity index (χ0v) is 9.17. The molecule has 3 nitrogen and oxygen atoms in total. The molecule has 0 aromatic heterocycles. The maximum atomic E-state index is 13.0. The molecule has 86 valence electrons. The summed E-state index contributed by atoms with van der Waals surface area (Å²) in [7, 11) is 0. The standard InChI is InChI=1S/C11H11ClFNO2/c12-8-3-6(1-2-9(8)13)11(10(15)16)4-7(14)5-11/h1-3,7H,4-5,14H2,(H,15,16). The highest BCUT2D eigenvalue weighted by Crippen LogP contribution is 2.44. The van der Waals surface area contributed by atoms with E-state index in [2.05, 4.69) is 0 Å². The van der Waals surface area contributed by atoms with Crippen LogP contribution in [0.1, 0.15) is 18.4 Å². The fourth-order valence-corrected chi connectivity index (χ4v) is 2.34. The van der Waals surface area contributed by atoms with Gasteiger partial charge in [0, 0.05) is 6.04 Å². The Hall–Kier alpha value is -1.13. The number of aliphatic carboxylic acids is 1. The lowest BCUT2D eigenvalue weighted by Crippen LogP contribution is -2.54.